The summed E-state index contributed by atoms with van der Waals surface area (Å²) in [5.74, 6) is 0. The first-order valence-corrected chi connectivity index (χ1v) is 48.5. The Morgan fingerprint density at radius 3 is 1.11 bits per heavy atom. The number of unbranched alkanes of at least 4 members (excludes halogenated alkanes) is 8. The van der Waals surface area contributed by atoms with Crippen molar-refractivity contribution in [3.05, 3.63) is 163 Å². The maximum absolute atomic E-state index is 13.6. The fraction of sp³-hybridized carbons (Fsp3) is 0.505. The van der Waals surface area contributed by atoms with Gasteiger partial charge in [-0.3, -0.25) is 9.59 Å². The molecule has 0 spiro atoms. The summed E-state index contributed by atoms with van der Waals surface area (Å²) in [6.45, 7) is 32.5. The fourth-order valence-corrected chi connectivity index (χ4v) is 22.0. The molecule has 12 heterocycles. The van der Waals surface area contributed by atoms with Gasteiger partial charge in [0.1, 0.15) is 37.7 Å². The predicted octanol–water partition coefficient (Wildman–Crippen LogP) is 11.0. The zero-order valence-electron chi connectivity index (χ0n) is 71.8. The normalized spacial score (nSPS) is 16.9. The first kappa shape index (κ1) is 89.9. The van der Waals surface area contributed by atoms with Crippen molar-refractivity contribution in [3.8, 4) is 42.3 Å². The molecule has 0 radical (unpaired) electrons. The van der Waals surface area contributed by atoms with Crippen molar-refractivity contribution >= 4 is 120 Å². The van der Waals surface area contributed by atoms with E-state index in [0.29, 0.717) is 13.2 Å². The maximum Gasteiger partial charge on any atom is 0.228 e. The number of nitrogens with zero attached hydrogens (tertiary/aromatic N) is 12. The highest BCUT2D eigenvalue weighted by atomic mass is 127. The molecule has 25 heteroatoms. The van der Waals surface area contributed by atoms with Gasteiger partial charge in [-0.05, 0) is 161 Å². The number of benzene rings is 8. The highest BCUT2D eigenvalue weighted by Crippen LogP contribution is 2.43. The van der Waals surface area contributed by atoms with E-state index in [2.05, 4.69) is 157 Å². The van der Waals surface area contributed by atoms with Crippen LogP contribution in [0.4, 0.5) is 34.1 Å². The van der Waals surface area contributed by atoms with Gasteiger partial charge in [0.15, 0.2) is 18.5 Å². The summed E-state index contributed by atoms with van der Waals surface area (Å²) in [4.78, 5) is 65.1. The second-order valence-corrected chi connectivity index (χ2v) is 37.6. The number of ether oxygens (including phenoxy) is 5. The van der Waals surface area contributed by atoms with Crippen molar-refractivity contribution in [2.75, 3.05) is 200 Å². The van der Waals surface area contributed by atoms with Crippen LogP contribution in [0, 0.1) is 0 Å². The highest BCUT2D eigenvalue weighted by Gasteiger charge is 2.32. The van der Waals surface area contributed by atoms with Crippen LogP contribution in [-0.2, 0) is 49.4 Å². The third-order valence-electron chi connectivity index (χ3n) is 25.0. The number of halogens is 2. The summed E-state index contributed by atoms with van der Waals surface area (Å²) in [5.41, 5.74) is 20.8. The Kier molecular flexibility index (Phi) is 32.1. The van der Waals surface area contributed by atoms with Crippen LogP contribution in [0.2, 0.25) is 0 Å². The molecule has 8 saturated heterocycles. The maximum atomic E-state index is 13.6. The van der Waals surface area contributed by atoms with E-state index in [9.17, 15) is 9.59 Å². The highest BCUT2D eigenvalue weighted by molar-refractivity contribution is 7.23. The van der Waals surface area contributed by atoms with E-state index >= 15 is 0 Å². The lowest BCUT2D eigenvalue weighted by molar-refractivity contribution is -0.00100. The van der Waals surface area contributed by atoms with E-state index in [1.807, 2.05) is 34.8 Å². The van der Waals surface area contributed by atoms with E-state index in [-0.39, 0.29) is 58.8 Å². The average molecular weight is 1950 g/mol. The lowest BCUT2D eigenvalue weighted by Crippen LogP contribution is -3.00. The van der Waals surface area contributed by atoms with Gasteiger partial charge in [-0.15, -0.1) is 45.3 Å². The van der Waals surface area contributed by atoms with Crippen LogP contribution in [0.3, 0.4) is 0 Å². The van der Waals surface area contributed by atoms with Crippen LogP contribution in [0.15, 0.2) is 119 Å². The van der Waals surface area contributed by atoms with Crippen molar-refractivity contribution < 1.29 is 71.6 Å². The lowest BCUT2D eigenvalue weighted by atomic mass is 10.0. The molecule has 20 rings (SSSR count). The van der Waals surface area contributed by atoms with Crippen molar-refractivity contribution in [2.45, 2.75) is 150 Å². The van der Waals surface area contributed by atoms with Crippen LogP contribution < -0.4 is 108 Å². The molecular weight excluding hydrogens is 1830 g/mol. The number of anilines is 6. The Morgan fingerprint density at radius 2 is 0.680 bits per heavy atom. The molecule has 0 amide bonds. The fourth-order valence-electron chi connectivity index (χ4n) is 17.7. The summed E-state index contributed by atoms with van der Waals surface area (Å²) in [6.07, 6.45) is 22.2. The van der Waals surface area contributed by atoms with E-state index in [1.165, 1.54) is 178 Å². The number of aryl methyl sites for hydroxylation is 4. The molecule has 0 saturated carbocycles. The van der Waals surface area contributed by atoms with Crippen molar-refractivity contribution in [2.24, 2.45) is 0 Å². The molecule has 0 N–H and O–H groups in total. The number of fused-ring (bicyclic) bond motifs is 8. The van der Waals surface area contributed by atoms with Crippen molar-refractivity contribution in [1.29, 1.82) is 0 Å². The van der Waals surface area contributed by atoms with E-state index < -0.39 is 0 Å². The SMILES string of the molecule is CCCCCc1cc2nc3ccc(N4CCC4)cc3sc-2cc1=O.CCCCCc1cc2nc3ccc(N4CCC4)cc3sc-2cc1=[N+]1CCC1.CCCCCc1cc2nc3ccc(N4CCOCC4)cc3sc-2c(N2CCOCC2)c1=O.CCCCCc1cc2nc3ccc(N4CCOCC4)cc3sc-2c(N2CCOCC2)c1=[N+]1CCOCC1.[I-].[I-]. The van der Waals surface area contributed by atoms with Gasteiger partial charge in [0.2, 0.25) is 16.1 Å². The molecule has 0 atom stereocenters. The molecule has 12 aliphatic heterocycles. The van der Waals surface area contributed by atoms with Crippen molar-refractivity contribution in [1.82, 2.24) is 29.1 Å². The van der Waals surface area contributed by atoms with Gasteiger partial charge in [0.25, 0.3) is 0 Å². The predicted molar refractivity (Wildman–Crippen MR) is 502 cm³/mol. The molecule has 4 aromatic rings. The number of rotatable bonds is 22. The lowest BCUT2D eigenvalue weighted by Gasteiger charge is -2.33. The molecule has 122 heavy (non-hydrogen) atoms. The molecule has 4 aromatic carbocycles. The quantitative estimate of drug-likeness (QED) is 0.0273. The number of hydrogen-bond acceptors (Lipinski definition) is 21. The minimum absolute atomic E-state index is 0. The Morgan fingerprint density at radius 1 is 0.328 bits per heavy atom. The van der Waals surface area contributed by atoms with Gasteiger partial charge in [-0.25, -0.2) is 29.1 Å². The third-order valence-corrected chi connectivity index (χ3v) is 29.5. The first-order chi connectivity index (χ1) is 59.1. The summed E-state index contributed by atoms with van der Waals surface area (Å²) >= 11 is 7.19. The Hall–Kier alpha value is -6.90. The zero-order chi connectivity index (χ0) is 81.7. The Labute approximate surface area is 769 Å². The number of hydrogen-bond donors (Lipinski definition) is 0. The van der Waals surface area contributed by atoms with Gasteiger partial charge in [0, 0.05) is 136 Å². The summed E-state index contributed by atoms with van der Waals surface area (Å²) in [6, 6.07) is 39.6. The van der Waals surface area contributed by atoms with Crippen LogP contribution >= 0.6 is 45.3 Å². The molecule has 0 aromatic heterocycles. The number of morpholine rings is 5. The monoisotopic (exact) mass is 1950 g/mol. The Balaban J connectivity index is 0.000000127. The van der Waals surface area contributed by atoms with Crippen LogP contribution in [-0.4, -0.2) is 191 Å². The molecule has 0 unspecified atom stereocenters. The largest absolute Gasteiger partial charge is 1.00 e. The second kappa shape index (κ2) is 43.5. The summed E-state index contributed by atoms with van der Waals surface area (Å²) in [5, 5.41) is 2.87. The Bertz CT molecular complexity index is 5660. The van der Waals surface area contributed by atoms with Gasteiger partial charge in [0.05, 0.1) is 142 Å². The van der Waals surface area contributed by atoms with Crippen molar-refractivity contribution in [3.63, 3.8) is 0 Å². The molecule has 8 fully saturated rings. The van der Waals surface area contributed by atoms with E-state index in [0.717, 1.165) is 251 Å². The van der Waals surface area contributed by atoms with Crippen LogP contribution in [0.25, 0.3) is 83.2 Å². The molecule has 19 nitrogen and oxygen atoms in total. The smallest absolute Gasteiger partial charge is 0.228 e. The summed E-state index contributed by atoms with van der Waals surface area (Å²) < 4.78 is 38.2. The second-order valence-electron chi connectivity index (χ2n) is 33.3. The van der Waals surface area contributed by atoms with Crippen LogP contribution in [0.1, 0.15) is 146 Å². The minimum atomic E-state index is 0. The molecule has 4 aliphatic carbocycles. The zero-order valence-corrected chi connectivity index (χ0v) is 79.4. The average Bonchev–Trinajstić information content (AvgIpc) is 0.748. The molecule has 648 valence electrons. The first-order valence-electron chi connectivity index (χ1n) is 45.2. The van der Waals surface area contributed by atoms with Gasteiger partial charge < -0.3 is 101 Å². The van der Waals surface area contributed by atoms with Gasteiger partial charge in [-0.2, -0.15) is 0 Å². The molecule has 16 aliphatic rings. The van der Waals surface area contributed by atoms with Gasteiger partial charge in [-0.1, -0.05) is 79.1 Å². The van der Waals surface area contributed by atoms with E-state index in [1.54, 1.807) is 28.7 Å². The summed E-state index contributed by atoms with van der Waals surface area (Å²) in [7, 11) is 0. The minimum Gasteiger partial charge on any atom is -1.00 e. The van der Waals surface area contributed by atoms with E-state index in [4.69, 9.17) is 43.6 Å². The molecule has 0 bridgehead atoms. The standard InChI is InChI=1S/C29H39N4O3S.C25H31N3O3S.C23H28N3S.C20H22N2OS.2HI/c1-2-3-4-5-22-20-25-29(28(33-12-18-36-19-13-33)27(22)32-10-16-35-17-11-32)37-26-21-23(6-7-24(26)30-25)31-8-14-34-15-9-31;1-2-3-4-5-18-16-21-25(23(24(18)29)28-10-14-31-15-11-28)32-22-17-19(6-7-20(22)26-21)27-8-12-30-13-9-27;1-2-3-4-7-17-14-20-23(16-21(17)26-12-6-13-26)27-22-15-18(25-10-5-11-25)8-9-19(22)24-20;1-2-3-4-6-14-11-17-20(13-18(14)23)24-19-12-15(22-9-5-10-22)7-8-16(19)21-17;;/h6-7,20-21H,2-5,8-19H2,1H3;6-7,16-17H,2-5,8-15H2,1H3;8-9,14-16H,2-7,10-13H2,1H3;7-8,11-13H,2-6,9-10H2,1H3;2*1H/q+1;;+1;;;/p-2. The third kappa shape index (κ3) is 21.2. The molecular formula is C97H120I2N12O7S4. The van der Waals surface area contributed by atoms with Gasteiger partial charge >= 0.3 is 0 Å². The number of aromatic nitrogens is 4. The van der Waals surface area contributed by atoms with Crippen LogP contribution in [0.5, 0.6) is 0 Å². The topological polar surface area (TPSA) is 157 Å².